The van der Waals surface area contributed by atoms with Gasteiger partial charge in [0.2, 0.25) is 5.91 Å². The highest BCUT2D eigenvalue weighted by atomic mass is 35.5. The molecular formula is C17H14Cl2F2N2O2. The van der Waals surface area contributed by atoms with Gasteiger partial charge in [0.05, 0.1) is 10.6 Å². The van der Waals surface area contributed by atoms with Crippen LogP contribution in [0.2, 0.25) is 10.0 Å². The van der Waals surface area contributed by atoms with Crippen molar-refractivity contribution in [2.75, 3.05) is 18.4 Å². The van der Waals surface area contributed by atoms with E-state index in [2.05, 4.69) is 5.32 Å². The Morgan fingerprint density at radius 3 is 2.32 bits per heavy atom. The van der Waals surface area contributed by atoms with Crippen molar-refractivity contribution in [1.82, 2.24) is 4.90 Å². The minimum atomic E-state index is -0.900. The Labute approximate surface area is 153 Å². The van der Waals surface area contributed by atoms with E-state index in [-0.39, 0.29) is 23.7 Å². The van der Waals surface area contributed by atoms with E-state index < -0.39 is 29.1 Å². The lowest BCUT2D eigenvalue weighted by molar-refractivity contribution is -0.116. The number of halogens is 4. The number of rotatable bonds is 5. The Hall–Kier alpha value is -2.18. The summed E-state index contributed by atoms with van der Waals surface area (Å²) in [6, 6.07) is 7.60. The van der Waals surface area contributed by atoms with Gasteiger partial charge >= 0.3 is 0 Å². The van der Waals surface area contributed by atoms with Crippen molar-refractivity contribution in [3.63, 3.8) is 0 Å². The fraction of sp³-hybridized carbons (Fsp3) is 0.176. The van der Waals surface area contributed by atoms with Gasteiger partial charge in [0.15, 0.2) is 0 Å². The molecular weight excluding hydrogens is 373 g/mol. The molecule has 0 aliphatic heterocycles. The first kappa shape index (κ1) is 19.1. The molecule has 0 bridgehead atoms. The molecule has 0 saturated carbocycles. The molecule has 2 amide bonds. The lowest BCUT2D eigenvalue weighted by Crippen LogP contribution is -2.38. The summed E-state index contributed by atoms with van der Waals surface area (Å²) in [7, 11) is 0. The molecule has 0 spiro atoms. The maximum absolute atomic E-state index is 13.6. The number of nitrogens with zero attached hydrogens (tertiary/aromatic N) is 1. The van der Waals surface area contributed by atoms with Gasteiger partial charge in [-0.2, -0.15) is 0 Å². The average molecular weight is 387 g/mol. The van der Waals surface area contributed by atoms with E-state index in [9.17, 15) is 18.4 Å². The fourth-order valence-corrected chi connectivity index (χ4v) is 2.62. The van der Waals surface area contributed by atoms with Gasteiger partial charge in [-0.3, -0.25) is 9.59 Å². The number of para-hydroxylation sites is 1. The van der Waals surface area contributed by atoms with Gasteiger partial charge in [0.25, 0.3) is 5.91 Å². The number of carbonyl (C=O) groups excluding carboxylic acids is 2. The van der Waals surface area contributed by atoms with Gasteiger partial charge in [-0.1, -0.05) is 29.3 Å². The third-order valence-corrected chi connectivity index (χ3v) is 3.94. The number of anilines is 1. The molecule has 1 N–H and O–H groups in total. The number of hydrogen-bond acceptors (Lipinski definition) is 2. The molecule has 8 heteroatoms. The summed E-state index contributed by atoms with van der Waals surface area (Å²) in [5, 5.41) is 2.66. The molecule has 0 saturated heterocycles. The molecule has 0 aliphatic rings. The van der Waals surface area contributed by atoms with Crippen LogP contribution in [0.25, 0.3) is 0 Å². The number of nitrogens with one attached hydrogen (secondary N) is 1. The first-order valence-electron chi connectivity index (χ1n) is 7.31. The number of hydrogen-bond donors (Lipinski definition) is 1. The van der Waals surface area contributed by atoms with E-state index >= 15 is 0 Å². The number of likely N-dealkylation sites (N-methyl/N-ethyl adjacent to an activating group) is 1. The van der Waals surface area contributed by atoms with Gasteiger partial charge in [-0.25, -0.2) is 8.78 Å². The molecule has 0 unspecified atom stereocenters. The molecule has 2 rings (SSSR count). The van der Waals surface area contributed by atoms with Crippen molar-refractivity contribution in [2.24, 2.45) is 0 Å². The molecule has 0 aliphatic carbocycles. The van der Waals surface area contributed by atoms with Crippen LogP contribution in [0.1, 0.15) is 17.3 Å². The van der Waals surface area contributed by atoms with E-state index in [1.54, 1.807) is 6.92 Å². The van der Waals surface area contributed by atoms with Crippen molar-refractivity contribution in [1.29, 1.82) is 0 Å². The molecule has 2 aromatic carbocycles. The lowest BCUT2D eigenvalue weighted by Gasteiger charge is -2.21. The monoisotopic (exact) mass is 386 g/mol. The summed E-state index contributed by atoms with van der Waals surface area (Å²) in [6.45, 7) is 1.48. The Bertz CT molecular complexity index is 795. The first-order chi connectivity index (χ1) is 11.8. The van der Waals surface area contributed by atoms with E-state index in [0.29, 0.717) is 5.02 Å². The van der Waals surface area contributed by atoms with Gasteiger partial charge in [0.1, 0.15) is 23.9 Å². The summed E-state index contributed by atoms with van der Waals surface area (Å²) in [6.07, 6.45) is 0. The van der Waals surface area contributed by atoms with Crippen LogP contribution in [-0.4, -0.2) is 29.8 Å². The van der Waals surface area contributed by atoms with E-state index in [1.807, 2.05) is 0 Å². The van der Waals surface area contributed by atoms with E-state index in [4.69, 9.17) is 23.2 Å². The molecule has 2 aromatic rings. The van der Waals surface area contributed by atoms with Crippen molar-refractivity contribution < 1.29 is 18.4 Å². The second kappa shape index (κ2) is 8.27. The standard InChI is InChI=1S/C17H14Cl2F2N2O2/c1-2-23(17(25)11-7-6-10(18)8-12(11)19)9-15(24)22-16-13(20)4-3-5-14(16)21/h3-8H,2,9H2,1H3,(H,22,24). The molecule has 0 fully saturated rings. The SMILES string of the molecule is CCN(CC(=O)Nc1c(F)cccc1F)C(=O)c1ccc(Cl)cc1Cl. The maximum Gasteiger partial charge on any atom is 0.255 e. The van der Waals surface area contributed by atoms with E-state index in [0.717, 1.165) is 12.1 Å². The highest BCUT2D eigenvalue weighted by Gasteiger charge is 2.21. The summed E-state index contributed by atoms with van der Waals surface area (Å²) in [5.74, 6) is -3.02. The van der Waals surface area contributed by atoms with E-state index in [1.165, 1.54) is 29.2 Å². The molecule has 132 valence electrons. The van der Waals surface area contributed by atoms with Gasteiger partial charge in [0, 0.05) is 11.6 Å². The maximum atomic E-state index is 13.6. The Morgan fingerprint density at radius 1 is 1.12 bits per heavy atom. The Morgan fingerprint density at radius 2 is 1.76 bits per heavy atom. The van der Waals surface area contributed by atoms with Crippen LogP contribution < -0.4 is 5.32 Å². The van der Waals surface area contributed by atoms with Crippen molar-refractivity contribution in [3.8, 4) is 0 Å². The Balaban J connectivity index is 2.13. The highest BCUT2D eigenvalue weighted by Crippen LogP contribution is 2.22. The number of benzene rings is 2. The lowest BCUT2D eigenvalue weighted by atomic mass is 10.2. The van der Waals surface area contributed by atoms with Crippen LogP contribution in [0.15, 0.2) is 36.4 Å². The topological polar surface area (TPSA) is 49.4 Å². The van der Waals surface area contributed by atoms with Crippen LogP contribution in [0, 0.1) is 11.6 Å². The first-order valence-corrected chi connectivity index (χ1v) is 8.07. The smallest absolute Gasteiger partial charge is 0.255 e. The van der Waals surface area contributed by atoms with Crippen molar-refractivity contribution >= 4 is 40.7 Å². The molecule has 25 heavy (non-hydrogen) atoms. The molecule has 0 aromatic heterocycles. The predicted molar refractivity (Wildman–Crippen MR) is 93.0 cm³/mol. The highest BCUT2D eigenvalue weighted by molar-refractivity contribution is 6.36. The quantitative estimate of drug-likeness (QED) is 0.828. The zero-order chi connectivity index (χ0) is 18.6. The van der Waals surface area contributed by atoms with Gasteiger partial charge in [-0.05, 0) is 37.3 Å². The number of amides is 2. The molecule has 0 atom stereocenters. The van der Waals surface area contributed by atoms with Crippen LogP contribution in [0.5, 0.6) is 0 Å². The summed E-state index contributed by atoms with van der Waals surface area (Å²) < 4.78 is 27.2. The predicted octanol–water partition coefficient (Wildman–Crippen LogP) is 4.37. The summed E-state index contributed by atoms with van der Waals surface area (Å²) in [4.78, 5) is 25.8. The third kappa shape index (κ3) is 4.67. The Kier molecular flexibility index (Phi) is 6.33. The second-order valence-electron chi connectivity index (χ2n) is 5.09. The van der Waals surface area contributed by atoms with Crippen LogP contribution >= 0.6 is 23.2 Å². The molecule has 4 nitrogen and oxygen atoms in total. The molecule has 0 heterocycles. The van der Waals surface area contributed by atoms with Crippen LogP contribution in [-0.2, 0) is 4.79 Å². The van der Waals surface area contributed by atoms with Crippen molar-refractivity contribution in [3.05, 3.63) is 63.6 Å². The third-order valence-electron chi connectivity index (χ3n) is 3.39. The summed E-state index contributed by atoms with van der Waals surface area (Å²) in [5.41, 5.74) is -0.377. The zero-order valence-electron chi connectivity index (χ0n) is 13.2. The zero-order valence-corrected chi connectivity index (χ0v) is 14.7. The minimum Gasteiger partial charge on any atom is -0.330 e. The minimum absolute atomic E-state index is 0.150. The van der Waals surface area contributed by atoms with Crippen molar-refractivity contribution in [2.45, 2.75) is 6.92 Å². The van der Waals surface area contributed by atoms with Gasteiger partial charge < -0.3 is 10.2 Å². The van der Waals surface area contributed by atoms with Gasteiger partial charge in [-0.15, -0.1) is 0 Å². The average Bonchev–Trinajstić information content (AvgIpc) is 2.55. The van der Waals surface area contributed by atoms with Crippen LogP contribution in [0.4, 0.5) is 14.5 Å². The largest absolute Gasteiger partial charge is 0.330 e. The fourth-order valence-electron chi connectivity index (χ4n) is 2.13. The normalized spacial score (nSPS) is 10.4. The molecule has 0 radical (unpaired) electrons. The second-order valence-corrected chi connectivity index (χ2v) is 5.93. The number of carbonyl (C=O) groups is 2. The van der Waals surface area contributed by atoms with Crippen LogP contribution in [0.3, 0.4) is 0 Å². The summed E-state index contributed by atoms with van der Waals surface area (Å²) >= 11 is 11.8.